The second kappa shape index (κ2) is 7.19. The zero-order valence-electron chi connectivity index (χ0n) is 13.4. The summed E-state index contributed by atoms with van der Waals surface area (Å²) in [7, 11) is 1.39. The molecule has 1 fully saturated rings. The maximum absolute atomic E-state index is 12.3. The number of hydrogen-bond acceptors (Lipinski definition) is 8. The van der Waals surface area contributed by atoms with Crippen LogP contribution in [0.2, 0.25) is 0 Å². The molecule has 4 N–H and O–H groups in total. The minimum atomic E-state index is -1.06. The predicted molar refractivity (Wildman–Crippen MR) is 87.7 cm³/mol. The van der Waals surface area contributed by atoms with Crippen molar-refractivity contribution in [3.8, 4) is 5.75 Å². The fraction of sp³-hybridized carbons (Fsp3) is 0.375. The third-order valence-electron chi connectivity index (χ3n) is 4.04. The van der Waals surface area contributed by atoms with Crippen molar-refractivity contribution in [3.63, 3.8) is 0 Å². The zero-order valence-corrected chi connectivity index (χ0v) is 13.4. The van der Waals surface area contributed by atoms with Crippen LogP contribution in [0.4, 0.5) is 11.5 Å². The molecule has 9 heteroatoms. The highest BCUT2D eigenvalue weighted by atomic mass is 16.6. The number of hydrogen-bond donors (Lipinski definition) is 4. The number of methoxy groups -OCH3 is 1. The molecule has 3 rings (SSSR count). The van der Waals surface area contributed by atoms with Gasteiger partial charge >= 0.3 is 5.69 Å². The number of aromatic hydroxyl groups is 1. The maximum atomic E-state index is 12.3. The first-order chi connectivity index (χ1) is 12.0. The third-order valence-corrected chi connectivity index (χ3v) is 4.04. The van der Waals surface area contributed by atoms with Crippen LogP contribution in [0.5, 0.6) is 5.75 Å². The van der Waals surface area contributed by atoms with E-state index in [0.717, 1.165) is 0 Å². The van der Waals surface area contributed by atoms with E-state index < -0.39 is 36.8 Å². The molecule has 0 saturated carbocycles. The molecule has 2 aromatic rings. The van der Waals surface area contributed by atoms with Crippen LogP contribution in [0, 0.1) is 0 Å². The molecule has 2 heterocycles. The minimum Gasteiger partial charge on any atom is -0.506 e. The summed E-state index contributed by atoms with van der Waals surface area (Å²) in [5.41, 5.74) is -0.215. The number of nitrogens with zero attached hydrogens (tertiary/aromatic N) is 2. The fourth-order valence-corrected chi connectivity index (χ4v) is 2.74. The van der Waals surface area contributed by atoms with Crippen LogP contribution in [0.25, 0.3) is 0 Å². The van der Waals surface area contributed by atoms with Crippen LogP contribution in [0.15, 0.2) is 41.3 Å². The second-order valence-electron chi connectivity index (χ2n) is 5.58. The van der Waals surface area contributed by atoms with Crippen LogP contribution in [-0.4, -0.2) is 56.9 Å². The molecule has 0 spiro atoms. The number of para-hydroxylation sites is 2. The molecule has 0 aliphatic carbocycles. The number of nitrogens with one attached hydrogen (secondary N) is 1. The lowest BCUT2D eigenvalue weighted by molar-refractivity contribution is -0.0624. The van der Waals surface area contributed by atoms with Gasteiger partial charge in [0.25, 0.3) is 0 Å². The van der Waals surface area contributed by atoms with Gasteiger partial charge in [0.15, 0.2) is 6.23 Å². The summed E-state index contributed by atoms with van der Waals surface area (Å²) in [6, 6.07) is 8.09. The minimum absolute atomic E-state index is 0.0287. The molecule has 0 bridgehead atoms. The van der Waals surface area contributed by atoms with Crippen molar-refractivity contribution in [1.82, 2.24) is 9.55 Å². The lowest BCUT2D eigenvalue weighted by Crippen LogP contribution is -2.37. The molecule has 1 aliphatic heterocycles. The topological polar surface area (TPSA) is 126 Å². The Morgan fingerprint density at radius 1 is 1.36 bits per heavy atom. The zero-order chi connectivity index (χ0) is 18.0. The standard InChI is InChI=1S/C16H19N3O6/c1-24-14-13(22)11(8-20)25-15(14)19-7-6-12(18-16(19)23)17-9-4-2-3-5-10(9)21/h2-7,11,13-15,20-22H,8H2,1H3,(H,17,18,23). The highest BCUT2D eigenvalue weighted by Gasteiger charge is 2.45. The molecule has 0 radical (unpaired) electrons. The Balaban J connectivity index is 1.85. The summed E-state index contributed by atoms with van der Waals surface area (Å²) in [5.74, 6) is 0.273. The van der Waals surface area contributed by atoms with E-state index in [1.807, 2.05) is 0 Å². The van der Waals surface area contributed by atoms with Crippen LogP contribution < -0.4 is 11.0 Å². The molecule has 0 amide bonds. The second-order valence-corrected chi connectivity index (χ2v) is 5.58. The van der Waals surface area contributed by atoms with Crippen molar-refractivity contribution in [3.05, 3.63) is 47.0 Å². The van der Waals surface area contributed by atoms with Crippen molar-refractivity contribution in [2.45, 2.75) is 24.5 Å². The number of ether oxygens (including phenoxy) is 2. The van der Waals surface area contributed by atoms with Gasteiger partial charge in [0, 0.05) is 13.3 Å². The summed E-state index contributed by atoms with van der Waals surface area (Å²) in [6.07, 6.45) is -2.18. The van der Waals surface area contributed by atoms with Gasteiger partial charge in [0.05, 0.1) is 12.3 Å². The van der Waals surface area contributed by atoms with E-state index in [4.69, 9.17) is 9.47 Å². The van der Waals surface area contributed by atoms with Gasteiger partial charge in [0.1, 0.15) is 29.9 Å². The molecule has 1 aromatic heterocycles. The first-order valence-electron chi connectivity index (χ1n) is 7.66. The summed E-state index contributed by atoms with van der Waals surface area (Å²) in [5, 5.41) is 31.9. The van der Waals surface area contributed by atoms with Gasteiger partial charge in [-0.25, -0.2) is 4.79 Å². The van der Waals surface area contributed by atoms with Crippen molar-refractivity contribution < 1.29 is 24.8 Å². The van der Waals surface area contributed by atoms with E-state index >= 15 is 0 Å². The van der Waals surface area contributed by atoms with Crippen molar-refractivity contribution in [2.75, 3.05) is 19.0 Å². The fourth-order valence-electron chi connectivity index (χ4n) is 2.74. The number of aliphatic hydroxyl groups is 2. The Bertz CT molecular complexity index is 795. The van der Waals surface area contributed by atoms with Gasteiger partial charge in [0.2, 0.25) is 0 Å². The number of phenols is 1. The molecule has 25 heavy (non-hydrogen) atoms. The lowest BCUT2D eigenvalue weighted by atomic mass is 10.1. The summed E-state index contributed by atoms with van der Waals surface area (Å²) >= 11 is 0. The van der Waals surface area contributed by atoms with Gasteiger partial charge < -0.3 is 30.1 Å². The number of rotatable bonds is 5. The van der Waals surface area contributed by atoms with Crippen molar-refractivity contribution in [2.24, 2.45) is 0 Å². The molecule has 1 aliphatic rings. The number of benzene rings is 1. The number of aliphatic hydroxyl groups excluding tert-OH is 2. The quantitative estimate of drug-likeness (QED) is 0.554. The maximum Gasteiger partial charge on any atom is 0.351 e. The van der Waals surface area contributed by atoms with Crippen molar-refractivity contribution >= 4 is 11.5 Å². The van der Waals surface area contributed by atoms with E-state index in [1.165, 1.54) is 30.0 Å². The molecule has 4 unspecified atom stereocenters. The van der Waals surface area contributed by atoms with E-state index in [-0.39, 0.29) is 11.6 Å². The Morgan fingerprint density at radius 3 is 2.76 bits per heavy atom. The molecule has 1 saturated heterocycles. The number of aromatic nitrogens is 2. The highest BCUT2D eigenvalue weighted by Crippen LogP contribution is 2.30. The Morgan fingerprint density at radius 2 is 2.12 bits per heavy atom. The predicted octanol–water partition coefficient (Wildman–Crippen LogP) is -0.0419. The van der Waals surface area contributed by atoms with E-state index in [1.54, 1.807) is 18.2 Å². The molecule has 9 nitrogen and oxygen atoms in total. The average molecular weight is 349 g/mol. The summed E-state index contributed by atoms with van der Waals surface area (Å²) < 4.78 is 11.9. The van der Waals surface area contributed by atoms with Crippen LogP contribution in [0.1, 0.15) is 6.23 Å². The lowest BCUT2D eigenvalue weighted by Gasteiger charge is -2.20. The van der Waals surface area contributed by atoms with Gasteiger partial charge in [-0.15, -0.1) is 0 Å². The third kappa shape index (κ3) is 3.35. The van der Waals surface area contributed by atoms with E-state index in [9.17, 15) is 20.1 Å². The average Bonchev–Trinajstić information content (AvgIpc) is 2.92. The molecule has 134 valence electrons. The van der Waals surface area contributed by atoms with Gasteiger partial charge in [-0.05, 0) is 18.2 Å². The Labute approximate surface area is 143 Å². The summed E-state index contributed by atoms with van der Waals surface area (Å²) in [4.78, 5) is 16.2. The molecular weight excluding hydrogens is 330 g/mol. The Kier molecular flexibility index (Phi) is 5.00. The molecule has 4 atom stereocenters. The molecule has 1 aromatic carbocycles. The number of phenolic OH excluding ortho intramolecular Hbond substituents is 1. The van der Waals surface area contributed by atoms with E-state index in [0.29, 0.717) is 5.69 Å². The SMILES string of the molecule is COC1C(O)C(CO)OC1n1ccc(Nc2ccccc2O)nc1=O. The summed E-state index contributed by atoms with van der Waals surface area (Å²) in [6.45, 7) is -0.396. The Hall–Kier alpha value is -2.46. The van der Waals surface area contributed by atoms with Gasteiger partial charge in [-0.3, -0.25) is 4.57 Å². The highest BCUT2D eigenvalue weighted by molar-refractivity contribution is 5.62. The van der Waals surface area contributed by atoms with Crippen LogP contribution in [-0.2, 0) is 9.47 Å². The van der Waals surface area contributed by atoms with Gasteiger partial charge in [-0.1, -0.05) is 12.1 Å². The first-order valence-corrected chi connectivity index (χ1v) is 7.66. The van der Waals surface area contributed by atoms with E-state index in [2.05, 4.69) is 10.3 Å². The largest absolute Gasteiger partial charge is 0.506 e. The smallest absolute Gasteiger partial charge is 0.351 e. The number of anilines is 2. The monoisotopic (exact) mass is 349 g/mol. The van der Waals surface area contributed by atoms with Gasteiger partial charge in [-0.2, -0.15) is 4.98 Å². The molecular formula is C16H19N3O6. The first kappa shape index (κ1) is 17.4. The normalized spacial score (nSPS) is 25.9. The van der Waals surface area contributed by atoms with Crippen molar-refractivity contribution in [1.29, 1.82) is 0 Å². The van der Waals surface area contributed by atoms with Crippen LogP contribution in [0.3, 0.4) is 0 Å². The van der Waals surface area contributed by atoms with Crippen LogP contribution >= 0.6 is 0 Å².